The van der Waals surface area contributed by atoms with E-state index < -0.39 is 0 Å². The van der Waals surface area contributed by atoms with E-state index in [0.29, 0.717) is 18.4 Å². The van der Waals surface area contributed by atoms with E-state index in [9.17, 15) is 9.59 Å². The summed E-state index contributed by atoms with van der Waals surface area (Å²) in [5.41, 5.74) is 0.734. The maximum absolute atomic E-state index is 12.4. The maximum Gasteiger partial charge on any atom is 0.322 e. The number of urea groups is 1. The largest absolute Gasteiger partial charge is 0.457 e. The monoisotopic (exact) mass is 626 g/mol. The van der Waals surface area contributed by atoms with Gasteiger partial charge >= 0.3 is 6.03 Å². The molecule has 1 saturated heterocycles. The van der Waals surface area contributed by atoms with Crippen molar-refractivity contribution in [1.82, 2.24) is 14.9 Å². The molecule has 0 aromatic heterocycles. The van der Waals surface area contributed by atoms with Crippen molar-refractivity contribution in [3.63, 3.8) is 0 Å². The Labute approximate surface area is 274 Å². The van der Waals surface area contributed by atoms with Gasteiger partial charge in [-0.1, -0.05) is 72.2 Å². The van der Waals surface area contributed by atoms with Crippen LogP contribution in [0, 0.1) is 5.92 Å². The Morgan fingerprint density at radius 1 is 0.956 bits per heavy atom. The predicted octanol–water partition coefficient (Wildman–Crippen LogP) is 9.48. The van der Waals surface area contributed by atoms with Crippen LogP contribution in [0.15, 0.2) is 67.3 Å². The molecule has 1 aliphatic rings. The van der Waals surface area contributed by atoms with E-state index in [4.69, 9.17) is 9.94 Å². The highest BCUT2D eigenvalue weighted by Crippen LogP contribution is 2.23. The third-order valence-corrected chi connectivity index (χ3v) is 7.24. The topological polar surface area (TPSA) is 85.4 Å². The first-order valence-corrected chi connectivity index (χ1v) is 16.9. The molecule has 8 heteroatoms. The SMILES string of the molecule is C=CCN(C(=O)Nc1ccc(Oc2ccccc2)cc1)C(C)CC.CC.CCCC(CC)C(=O)N1CCCC1.CCCN(C)O. The molecule has 2 aromatic rings. The summed E-state index contributed by atoms with van der Waals surface area (Å²) in [7, 11) is 1.64. The third kappa shape index (κ3) is 17.6. The third-order valence-electron chi connectivity index (χ3n) is 7.24. The van der Waals surface area contributed by atoms with E-state index in [2.05, 4.69) is 32.7 Å². The van der Waals surface area contributed by atoms with Crippen LogP contribution in [0.1, 0.15) is 93.4 Å². The Kier molecular flexibility index (Phi) is 24.0. The van der Waals surface area contributed by atoms with Gasteiger partial charge in [-0.15, -0.1) is 6.58 Å². The van der Waals surface area contributed by atoms with Gasteiger partial charge in [0.1, 0.15) is 11.5 Å². The summed E-state index contributed by atoms with van der Waals surface area (Å²) in [4.78, 5) is 28.1. The molecule has 45 heavy (non-hydrogen) atoms. The molecule has 2 N–H and O–H groups in total. The molecule has 2 atom stereocenters. The number of nitrogens with zero attached hydrogens (tertiary/aromatic N) is 3. The standard InChI is InChI=1S/C20H24N2O2.C11H21NO.C4H11NO.C2H6/c1-4-15-22(16(3)5-2)20(23)21-17-11-13-19(14-12-17)24-18-9-7-6-8-10-18;1-3-7-10(4-2)11(13)12-8-5-6-9-12;1-3-4-5(2)6;1-2/h4,6-14,16H,1,5,15H2,2-3H3,(H,21,23);10H,3-9H2,1-2H3;6H,3-4H2,1-2H3;1-2H3. The molecule has 3 amide bonds. The fraction of sp³-hybridized carbons (Fsp3) is 0.568. The molecule has 254 valence electrons. The number of ether oxygens (including phenoxy) is 1. The molecule has 8 nitrogen and oxygen atoms in total. The number of hydroxylamine groups is 2. The van der Waals surface area contributed by atoms with Crippen LogP contribution in [0.2, 0.25) is 0 Å². The van der Waals surface area contributed by atoms with Crippen LogP contribution in [0.4, 0.5) is 10.5 Å². The number of amides is 3. The van der Waals surface area contributed by atoms with Gasteiger partial charge in [0.05, 0.1) is 0 Å². The summed E-state index contributed by atoms with van der Waals surface area (Å²) in [6, 6.07) is 17.0. The molecule has 2 aromatic carbocycles. The highest BCUT2D eigenvalue weighted by Gasteiger charge is 2.24. The molecule has 1 heterocycles. The summed E-state index contributed by atoms with van der Waals surface area (Å²) < 4.78 is 5.74. The lowest BCUT2D eigenvalue weighted by atomic mass is 9.99. The number of nitrogens with one attached hydrogen (secondary N) is 1. The molecule has 0 radical (unpaired) electrons. The van der Waals surface area contributed by atoms with E-state index in [1.807, 2.05) is 87.2 Å². The number of hydrogen-bond donors (Lipinski definition) is 2. The van der Waals surface area contributed by atoms with E-state index in [-0.39, 0.29) is 12.1 Å². The lowest BCUT2D eigenvalue weighted by Gasteiger charge is -2.27. The fourth-order valence-corrected chi connectivity index (χ4v) is 4.62. The average molecular weight is 627 g/mol. The normalized spacial score (nSPS) is 13.1. The molecule has 0 saturated carbocycles. The van der Waals surface area contributed by atoms with E-state index >= 15 is 0 Å². The minimum atomic E-state index is -0.124. The first kappa shape index (κ1) is 41.6. The first-order valence-electron chi connectivity index (χ1n) is 16.9. The van der Waals surface area contributed by atoms with Crippen LogP contribution >= 0.6 is 0 Å². The number of para-hydroxylation sites is 1. The summed E-state index contributed by atoms with van der Waals surface area (Å²) >= 11 is 0. The second-order valence-electron chi connectivity index (χ2n) is 10.9. The zero-order valence-electron chi connectivity index (χ0n) is 29.4. The quantitative estimate of drug-likeness (QED) is 0.171. The number of carbonyl (C=O) groups is 2. The van der Waals surface area contributed by atoms with Crippen LogP contribution < -0.4 is 10.1 Å². The van der Waals surface area contributed by atoms with Gasteiger partial charge in [-0.3, -0.25) is 4.79 Å². The Hall–Kier alpha value is -3.36. The molecule has 1 fully saturated rings. The minimum absolute atomic E-state index is 0.124. The second-order valence-corrected chi connectivity index (χ2v) is 10.9. The van der Waals surface area contributed by atoms with Crippen molar-refractivity contribution in [2.24, 2.45) is 5.92 Å². The van der Waals surface area contributed by atoms with Crippen molar-refractivity contribution in [3.05, 3.63) is 67.3 Å². The number of likely N-dealkylation sites (tertiary alicyclic amines) is 1. The number of hydrogen-bond acceptors (Lipinski definition) is 5. The Balaban J connectivity index is 0.000000769. The zero-order chi connectivity index (χ0) is 34.0. The van der Waals surface area contributed by atoms with Crippen molar-refractivity contribution in [1.29, 1.82) is 0 Å². The molecule has 0 spiro atoms. The Bertz CT molecular complexity index is 1020. The summed E-state index contributed by atoms with van der Waals surface area (Å²) in [6.07, 6.45) is 9.23. The first-order chi connectivity index (χ1) is 21.7. The molecule has 3 rings (SSSR count). The van der Waals surface area contributed by atoms with Crippen LogP contribution in [0.25, 0.3) is 0 Å². The van der Waals surface area contributed by atoms with Crippen molar-refractivity contribution < 1.29 is 19.5 Å². The molecule has 1 aliphatic heterocycles. The molecular weight excluding hydrogens is 564 g/mol. The van der Waals surface area contributed by atoms with Crippen LogP contribution in [-0.2, 0) is 4.79 Å². The minimum Gasteiger partial charge on any atom is -0.457 e. The molecule has 0 aliphatic carbocycles. The van der Waals surface area contributed by atoms with Gasteiger partial charge < -0.3 is 25.1 Å². The number of anilines is 1. The van der Waals surface area contributed by atoms with Gasteiger partial charge in [0.15, 0.2) is 0 Å². The molecule has 2 unspecified atom stereocenters. The van der Waals surface area contributed by atoms with Crippen molar-refractivity contribution in [2.75, 3.05) is 38.5 Å². The van der Waals surface area contributed by atoms with Gasteiger partial charge in [-0.25, -0.2) is 4.79 Å². The number of carbonyl (C=O) groups excluding carboxylic acids is 2. The lowest BCUT2D eigenvalue weighted by molar-refractivity contribution is -0.134. The summed E-state index contributed by atoms with van der Waals surface area (Å²) in [6.45, 7) is 21.4. The van der Waals surface area contributed by atoms with Crippen molar-refractivity contribution in [3.8, 4) is 11.5 Å². The Morgan fingerprint density at radius 3 is 1.98 bits per heavy atom. The molecule has 0 bridgehead atoms. The van der Waals surface area contributed by atoms with Crippen LogP contribution in [0.3, 0.4) is 0 Å². The van der Waals surface area contributed by atoms with E-state index in [1.54, 1.807) is 18.0 Å². The van der Waals surface area contributed by atoms with E-state index in [0.717, 1.165) is 68.9 Å². The van der Waals surface area contributed by atoms with Crippen molar-refractivity contribution in [2.45, 2.75) is 99.5 Å². The zero-order valence-corrected chi connectivity index (χ0v) is 29.4. The predicted molar refractivity (Wildman–Crippen MR) is 189 cm³/mol. The summed E-state index contributed by atoms with van der Waals surface area (Å²) in [5.74, 6) is 2.21. The van der Waals surface area contributed by atoms with Gasteiger partial charge in [0, 0.05) is 50.9 Å². The second kappa shape index (κ2) is 25.9. The number of benzene rings is 2. The van der Waals surface area contributed by atoms with Gasteiger partial charge in [0.25, 0.3) is 0 Å². The van der Waals surface area contributed by atoms with Gasteiger partial charge in [-0.05, 0) is 81.8 Å². The highest BCUT2D eigenvalue weighted by atomic mass is 16.5. The average Bonchev–Trinajstić information content (AvgIpc) is 3.60. The van der Waals surface area contributed by atoms with Gasteiger partial charge in [0.2, 0.25) is 5.91 Å². The Morgan fingerprint density at radius 2 is 1.53 bits per heavy atom. The summed E-state index contributed by atoms with van der Waals surface area (Å²) in [5, 5.41) is 12.5. The molecular formula is C37H62N4O4. The van der Waals surface area contributed by atoms with Gasteiger partial charge in [-0.2, -0.15) is 5.06 Å². The van der Waals surface area contributed by atoms with Crippen LogP contribution in [0.5, 0.6) is 11.5 Å². The maximum atomic E-state index is 12.4. The highest BCUT2D eigenvalue weighted by molar-refractivity contribution is 5.89. The van der Waals surface area contributed by atoms with Crippen molar-refractivity contribution >= 4 is 17.6 Å². The van der Waals surface area contributed by atoms with E-state index in [1.165, 1.54) is 17.9 Å². The smallest absolute Gasteiger partial charge is 0.322 e. The fourth-order valence-electron chi connectivity index (χ4n) is 4.62. The lowest BCUT2D eigenvalue weighted by Crippen LogP contribution is -2.41. The number of rotatable bonds is 13. The van der Waals surface area contributed by atoms with Crippen LogP contribution in [-0.4, -0.2) is 71.3 Å².